The SMILES string of the molecule is Cc1ccc(NC(=O)C2CCCNC2)cc1F. The highest BCUT2D eigenvalue weighted by Crippen LogP contribution is 2.16. The number of hydrogen-bond acceptors (Lipinski definition) is 2. The third-order valence-electron chi connectivity index (χ3n) is 3.11. The monoisotopic (exact) mass is 236 g/mol. The van der Waals surface area contributed by atoms with Crippen LogP contribution in [0.1, 0.15) is 18.4 Å². The second-order valence-corrected chi connectivity index (χ2v) is 4.50. The first kappa shape index (κ1) is 12.0. The van der Waals surface area contributed by atoms with Crippen LogP contribution in [0.5, 0.6) is 0 Å². The molecule has 4 heteroatoms. The Morgan fingerprint density at radius 2 is 2.35 bits per heavy atom. The lowest BCUT2D eigenvalue weighted by Gasteiger charge is -2.21. The molecule has 1 aliphatic rings. The van der Waals surface area contributed by atoms with Gasteiger partial charge in [-0.2, -0.15) is 0 Å². The first-order valence-electron chi connectivity index (χ1n) is 5.94. The minimum Gasteiger partial charge on any atom is -0.326 e. The predicted octanol–water partition coefficient (Wildman–Crippen LogP) is 2.07. The topological polar surface area (TPSA) is 41.1 Å². The Morgan fingerprint density at radius 3 is 3.00 bits per heavy atom. The molecule has 0 aromatic heterocycles. The first-order valence-corrected chi connectivity index (χ1v) is 5.94. The molecule has 1 unspecified atom stereocenters. The van der Waals surface area contributed by atoms with Gasteiger partial charge in [0.2, 0.25) is 5.91 Å². The van der Waals surface area contributed by atoms with Gasteiger partial charge in [-0.3, -0.25) is 4.79 Å². The van der Waals surface area contributed by atoms with E-state index >= 15 is 0 Å². The molecule has 17 heavy (non-hydrogen) atoms. The van der Waals surface area contributed by atoms with Gasteiger partial charge in [-0.15, -0.1) is 0 Å². The van der Waals surface area contributed by atoms with Crippen LogP contribution in [0.15, 0.2) is 18.2 Å². The Labute approximate surface area is 100 Å². The molecule has 1 saturated heterocycles. The van der Waals surface area contributed by atoms with Crippen molar-refractivity contribution in [3.05, 3.63) is 29.6 Å². The molecule has 2 rings (SSSR count). The molecule has 0 radical (unpaired) electrons. The molecule has 3 nitrogen and oxygen atoms in total. The molecule has 1 atom stereocenters. The van der Waals surface area contributed by atoms with E-state index in [-0.39, 0.29) is 17.6 Å². The van der Waals surface area contributed by atoms with E-state index in [1.165, 1.54) is 6.07 Å². The highest BCUT2D eigenvalue weighted by molar-refractivity contribution is 5.92. The minimum atomic E-state index is -0.287. The molecule has 1 aromatic rings. The van der Waals surface area contributed by atoms with Gasteiger partial charge in [0.15, 0.2) is 0 Å². The van der Waals surface area contributed by atoms with E-state index in [0.29, 0.717) is 17.8 Å². The average molecular weight is 236 g/mol. The zero-order chi connectivity index (χ0) is 12.3. The lowest BCUT2D eigenvalue weighted by atomic mass is 9.99. The molecule has 92 valence electrons. The number of benzene rings is 1. The van der Waals surface area contributed by atoms with E-state index in [9.17, 15) is 9.18 Å². The second kappa shape index (κ2) is 5.27. The molecule has 0 saturated carbocycles. The lowest BCUT2D eigenvalue weighted by Crippen LogP contribution is -2.37. The minimum absolute atomic E-state index is 0.00638. The Morgan fingerprint density at radius 1 is 1.53 bits per heavy atom. The molecule has 1 heterocycles. The van der Waals surface area contributed by atoms with Crippen molar-refractivity contribution < 1.29 is 9.18 Å². The number of aryl methyl sites for hydroxylation is 1. The maximum absolute atomic E-state index is 13.3. The molecular weight excluding hydrogens is 219 g/mol. The number of hydrogen-bond donors (Lipinski definition) is 2. The van der Waals surface area contributed by atoms with Gasteiger partial charge in [0, 0.05) is 12.2 Å². The van der Waals surface area contributed by atoms with Crippen LogP contribution in [0.3, 0.4) is 0 Å². The van der Waals surface area contributed by atoms with Gasteiger partial charge in [0.25, 0.3) is 0 Å². The number of carbonyl (C=O) groups excluding carboxylic acids is 1. The summed E-state index contributed by atoms with van der Waals surface area (Å²) >= 11 is 0. The standard InChI is InChI=1S/C13H17FN2O/c1-9-4-5-11(7-12(9)14)16-13(17)10-3-2-6-15-8-10/h4-5,7,10,15H,2-3,6,8H2,1H3,(H,16,17). The molecule has 1 aromatic carbocycles. The highest BCUT2D eigenvalue weighted by Gasteiger charge is 2.20. The summed E-state index contributed by atoms with van der Waals surface area (Å²) < 4.78 is 13.3. The van der Waals surface area contributed by atoms with E-state index in [0.717, 1.165) is 19.4 Å². The van der Waals surface area contributed by atoms with E-state index in [1.54, 1.807) is 19.1 Å². The van der Waals surface area contributed by atoms with Crippen molar-refractivity contribution >= 4 is 11.6 Å². The van der Waals surface area contributed by atoms with Crippen LogP contribution in [0.2, 0.25) is 0 Å². The number of piperidine rings is 1. The summed E-state index contributed by atoms with van der Waals surface area (Å²) in [6.07, 6.45) is 1.91. The van der Waals surface area contributed by atoms with Gasteiger partial charge < -0.3 is 10.6 Å². The molecule has 0 aliphatic carbocycles. The van der Waals surface area contributed by atoms with Crippen LogP contribution >= 0.6 is 0 Å². The Hall–Kier alpha value is -1.42. The van der Waals surface area contributed by atoms with Crippen molar-refractivity contribution in [3.8, 4) is 0 Å². The predicted molar refractivity (Wildman–Crippen MR) is 65.4 cm³/mol. The average Bonchev–Trinajstić information content (AvgIpc) is 2.35. The van der Waals surface area contributed by atoms with Crippen LogP contribution in [0, 0.1) is 18.7 Å². The maximum Gasteiger partial charge on any atom is 0.228 e. The van der Waals surface area contributed by atoms with Crippen LogP contribution in [0.25, 0.3) is 0 Å². The molecule has 1 fully saturated rings. The summed E-state index contributed by atoms with van der Waals surface area (Å²) in [5, 5.41) is 5.95. The summed E-state index contributed by atoms with van der Waals surface area (Å²) in [4.78, 5) is 11.9. The van der Waals surface area contributed by atoms with Gasteiger partial charge >= 0.3 is 0 Å². The Kier molecular flexibility index (Phi) is 3.74. The molecular formula is C13H17FN2O. The fourth-order valence-corrected chi connectivity index (χ4v) is 1.99. The van der Waals surface area contributed by atoms with Crippen molar-refractivity contribution in [3.63, 3.8) is 0 Å². The Balaban J connectivity index is 1.99. The zero-order valence-corrected chi connectivity index (χ0v) is 9.92. The van der Waals surface area contributed by atoms with Crippen LogP contribution < -0.4 is 10.6 Å². The van der Waals surface area contributed by atoms with Crippen LogP contribution in [-0.4, -0.2) is 19.0 Å². The number of anilines is 1. The smallest absolute Gasteiger partial charge is 0.228 e. The molecule has 1 amide bonds. The van der Waals surface area contributed by atoms with E-state index in [2.05, 4.69) is 10.6 Å². The summed E-state index contributed by atoms with van der Waals surface area (Å²) in [5.41, 5.74) is 1.12. The zero-order valence-electron chi connectivity index (χ0n) is 9.92. The molecule has 0 spiro atoms. The summed E-state index contributed by atoms with van der Waals surface area (Å²) in [5.74, 6) is -0.321. The lowest BCUT2D eigenvalue weighted by molar-refractivity contribution is -0.120. The van der Waals surface area contributed by atoms with Crippen molar-refractivity contribution in [1.82, 2.24) is 5.32 Å². The third-order valence-corrected chi connectivity index (χ3v) is 3.11. The fraction of sp³-hybridized carbons (Fsp3) is 0.462. The van der Waals surface area contributed by atoms with Gasteiger partial charge in [-0.05, 0) is 44.0 Å². The fourth-order valence-electron chi connectivity index (χ4n) is 1.99. The first-order chi connectivity index (χ1) is 8.16. The van der Waals surface area contributed by atoms with Gasteiger partial charge in [0.1, 0.15) is 5.82 Å². The number of nitrogens with one attached hydrogen (secondary N) is 2. The van der Waals surface area contributed by atoms with Crippen molar-refractivity contribution in [1.29, 1.82) is 0 Å². The number of carbonyl (C=O) groups is 1. The number of halogens is 1. The largest absolute Gasteiger partial charge is 0.326 e. The van der Waals surface area contributed by atoms with Crippen molar-refractivity contribution in [2.75, 3.05) is 18.4 Å². The van der Waals surface area contributed by atoms with Crippen LogP contribution in [0.4, 0.5) is 10.1 Å². The van der Waals surface area contributed by atoms with E-state index in [1.807, 2.05) is 0 Å². The number of amides is 1. The highest BCUT2D eigenvalue weighted by atomic mass is 19.1. The van der Waals surface area contributed by atoms with Gasteiger partial charge in [-0.1, -0.05) is 6.07 Å². The van der Waals surface area contributed by atoms with Crippen molar-refractivity contribution in [2.45, 2.75) is 19.8 Å². The van der Waals surface area contributed by atoms with Crippen molar-refractivity contribution in [2.24, 2.45) is 5.92 Å². The summed E-state index contributed by atoms with van der Waals surface area (Å²) in [7, 11) is 0. The Bertz CT molecular complexity index is 414. The van der Waals surface area contributed by atoms with E-state index < -0.39 is 0 Å². The van der Waals surface area contributed by atoms with Crippen LogP contribution in [-0.2, 0) is 4.79 Å². The third kappa shape index (κ3) is 3.03. The van der Waals surface area contributed by atoms with Gasteiger partial charge in [-0.25, -0.2) is 4.39 Å². The van der Waals surface area contributed by atoms with Gasteiger partial charge in [0.05, 0.1) is 5.92 Å². The quantitative estimate of drug-likeness (QED) is 0.825. The number of rotatable bonds is 2. The second-order valence-electron chi connectivity index (χ2n) is 4.50. The summed E-state index contributed by atoms with van der Waals surface area (Å²) in [6.45, 7) is 3.38. The normalized spacial score (nSPS) is 20.0. The molecule has 2 N–H and O–H groups in total. The van der Waals surface area contributed by atoms with E-state index in [4.69, 9.17) is 0 Å². The summed E-state index contributed by atoms with van der Waals surface area (Å²) in [6, 6.07) is 4.76. The maximum atomic E-state index is 13.3. The molecule has 1 aliphatic heterocycles. The molecule has 0 bridgehead atoms.